The fourth-order valence-electron chi connectivity index (χ4n) is 4.54. The van der Waals surface area contributed by atoms with Crippen molar-refractivity contribution >= 4 is 21.9 Å². The molecular weight excluding hydrogens is 364 g/mol. The standard InChI is InChI=1S/C21H23F2N3O2/c1-12-9-14(6-8-27-12)26-19-15-10-13(20(22)23)4-5-16(15)24-11-17(19)25-21(26)18-3-2-7-28-18/h4-5,10-12,14,18,20H,2-3,6-9H2,1H3/t12-,14-,18-/m1/s1. The quantitative estimate of drug-likeness (QED) is 0.626. The lowest BCUT2D eigenvalue weighted by Gasteiger charge is -2.30. The van der Waals surface area contributed by atoms with Gasteiger partial charge in [-0.2, -0.15) is 0 Å². The summed E-state index contributed by atoms with van der Waals surface area (Å²) in [6.45, 7) is 3.49. The lowest BCUT2D eigenvalue weighted by Crippen LogP contribution is -2.27. The van der Waals surface area contributed by atoms with Crippen LogP contribution in [-0.2, 0) is 9.47 Å². The number of pyridine rings is 1. The van der Waals surface area contributed by atoms with E-state index in [1.807, 2.05) is 0 Å². The van der Waals surface area contributed by atoms with Crippen LogP contribution >= 0.6 is 0 Å². The number of halogens is 2. The van der Waals surface area contributed by atoms with E-state index < -0.39 is 6.43 Å². The number of rotatable bonds is 3. The second kappa shape index (κ2) is 7.04. The number of nitrogens with zero attached hydrogens (tertiary/aromatic N) is 3. The number of imidazole rings is 1. The van der Waals surface area contributed by atoms with Crippen LogP contribution in [-0.4, -0.2) is 33.9 Å². The van der Waals surface area contributed by atoms with Gasteiger partial charge in [-0.1, -0.05) is 6.07 Å². The van der Waals surface area contributed by atoms with Crippen LogP contribution in [0.4, 0.5) is 8.78 Å². The minimum absolute atomic E-state index is 0.00793. The Balaban J connectivity index is 1.78. The van der Waals surface area contributed by atoms with E-state index in [9.17, 15) is 8.78 Å². The first-order valence-electron chi connectivity index (χ1n) is 9.93. The number of ether oxygens (including phenoxy) is 2. The van der Waals surface area contributed by atoms with Crippen molar-refractivity contribution in [2.75, 3.05) is 13.2 Å². The van der Waals surface area contributed by atoms with Crippen molar-refractivity contribution in [1.29, 1.82) is 0 Å². The molecule has 3 atom stereocenters. The van der Waals surface area contributed by atoms with Gasteiger partial charge in [-0.15, -0.1) is 0 Å². The Bertz CT molecular complexity index is 1010. The minimum Gasteiger partial charge on any atom is -0.378 e. The summed E-state index contributed by atoms with van der Waals surface area (Å²) in [7, 11) is 0. The first-order valence-corrected chi connectivity index (χ1v) is 9.93. The topological polar surface area (TPSA) is 49.2 Å². The molecule has 2 saturated heterocycles. The predicted octanol–water partition coefficient (Wildman–Crippen LogP) is 5.11. The zero-order valence-electron chi connectivity index (χ0n) is 15.8. The van der Waals surface area contributed by atoms with Crippen LogP contribution in [0.25, 0.3) is 21.9 Å². The van der Waals surface area contributed by atoms with Crippen molar-refractivity contribution in [2.45, 2.75) is 57.3 Å². The largest absolute Gasteiger partial charge is 0.378 e. The molecule has 148 valence electrons. The fourth-order valence-corrected chi connectivity index (χ4v) is 4.54. The molecule has 2 aliphatic heterocycles. The van der Waals surface area contributed by atoms with Gasteiger partial charge in [0.1, 0.15) is 17.4 Å². The van der Waals surface area contributed by atoms with Gasteiger partial charge in [0.15, 0.2) is 0 Å². The number of alkyl halides is 2. The number of benzene rings is 1. The van der Waals surface area contributed by atoms with Crippen molar-refractivity contribution in [2.24, 2.45) is 0 Å². The van der Waals surface area contributed by atoms with Crippen molar-refractivity contribution in [3.05, 3.63) is 35.8 Å². The number of aromatic nitrogens is 3. The molecule has 2 fully saturated rings. The molecule has 1 aromatic carbocycles. The lowest BCUT2D eigenvalue weighted by atomic mass is 10.0. The maximum atomic E-state index is 13.4. The van der Waals surface area contributed by atoms with E-state index in [4.69, 9.17) is 14.5 Å². The maximum Gasteiger partial charge on any atom is 0.263 e. The van der Waals surface area contributed by atoms with E-state index in [0.29, 0.717) is 12.1 Å². The highest BCUT2D eigenvalue weighted by Crippen LogP contribution is 2.39. The normalized spacial score (nSPS) is 25.9. The Hall–Kier alpha value is -2.12. The Morgan fingerprint density at radius 3 is 2.79 bits per heavy atom. The lowest BCUT2D eigenvalue weighted by molar-refractivity contribution is 0.00417. The van der Waals surface area contributed by atoms with Gasteiger partial charge < -0.3 is 14.0 Å². The highest BCUT2D eigenvalue weighted by Gasteiger charge is 2.31. The summed E-state index contributed by atoms with van der Waals surface area (Å²) in [5.74, 6) is 0.892. The average Bonchev–Trinajstić information content (AvgIpc) is 3.35. The van der Waals surface area contributed by atoms with Crippen LogP contribution in [0.15, 0.2) is 24.4 Å². The predicted molar refractivity (Wildman–Crippen MR) is 102 cm³/mol. The summed E-state index contributed by atoms with van der Waals surface area (Å²) in [5.41, 5.74) is 2.34. The molecule has 0 saturated carbocycles. The van der Waals surface area contributed by atoms with Crippen LogP contribution in [0, 0.1) is 0 Å². The van der Waals surface area contributed by atoms with Gasteiger partial charge in [-0.05, 0) is 44.7 Å². The SMILES string of the molecule is C[C@@H]1C[C@H](n2c([C@H]3CCCO3)nc3cnc4ccc(C(F)F)cc4c32)CCO1. The minimum atomic E-state index is -2.52. The third-order valence-electron chi connectivity index (χ3n) is 5.86. The molecule has 2 aliphatic rings. The molecule has 4 heterocycles. The Labute approximate surface area is 161 Å². The molecule has 0 unspecified atom stereocenters. The van der Waals surface area contributed by atoms with Crippen molar-refractivity contribution < 1.29 is 18.3 Å². The third-order valence-corrected chi connectivity index (χ3v) is 5.86. The number of fused-ring (bicyclic) bond motifs is 3. The third kappa shape index (κ3) is 2.97. The average molecular weight is 387 g/mol. The van der Waals surface area contributed by atoms with Crippen LogP contribution in [0.2, 0.25) is 0 Å². The van der Waals surface area contributed by atoms with Gasteiger partial charge in [0.25, 0.3) is 6.43 Å². The fraction of sp³-hybridized carbons (Fsp3) is 0.524. The van der Waals surface area contributed by atoms with E-state index in [1.165, 1.54) is 6.07 Å². The van der Waals surface area contributed by atoms with Crippen LogP contribution in [0.1, 0.15) is 62.6 Å². The van der Waals surface area contributed by atoms with Gasteiger partial charge in [0, 0.05) is 30.2 Å². The maximum absolute atomic E-state index is 13.4. The van der Waals surface area contributed by atoms with Crippen molar-refractivity contribution in [3.63, 3.8) is 0 Å². The van der Waals surface area contributed by atoms with Crippen LogP contribution < -0.4 is 0 Å². The second-order valence-electron chi connectivity index (χ2n) is 7.77. The molecule has 5 nitrogen and oxygen atoms in total. The molecular formula is C21H23F2N3O2. The zero-order chi connectivity index (χ0) is 19.3. The molecule has 0 spiro atoms. The summed E-state index contributed by atoms with van der Waals surface area (Å²) in [6, 6.07) is 4.89. The number of hydrogen-bond donors (Lipinski definition) is 0. The molecule has 0 radical (unpaired) electrons. The van der Waals surface area contributed by atoms with Crippen LogP contribution in [0.5, 0.6) is 0 Å². The van der Waals surface area contributed by atoms with Gasteiger partial charge in [-0.3, -0.25) is 4.98 Å². The molecule has 7 heteroatoms. The van der Waals surface area contributed by atoms with Crippen molar-refractivity contribution in [1.82, 2.24) is 14.5 Å². The van der Waals surface area contributed by atoms with E-state index in [1.54, 1.807) is 18.3 Å². The summed E-state index contributed by atoms with van der Waals surface area (Å²) >= 11 is 0. The van der Waals surface area contributed by atoms with Gasteiger partial charge in [-0.25, -0.2) is 13.8 Å². The zero-order valence-corrected chi connectivity index (χ0v) is 15.8. The first-order chi connectivity index (χ1) is 13.6. The van der Waals surface area contributed by atoms with Crippen molar-refractivity contribution in [3.8, 4) is 0 Å². The Morgan fingerprint density at radius 2 is 2.04 bits per heavy atom. The molecule has 28 heavy (non-hydrogen) atoms. The molecule has 5 rings (SSSR count). The molecule has 2 aromatic heterocycles. The van der Waals surface area contributed by atoms with E-state index in [0.717, 1.165) is 54.5 Å². The van der Waals surface area contributed by atoms with E-state index >= 15 is 0 Å². The Kier molecular flexibility index (Phi) is 4.51. The number of hydrogen-bond acceptors (Lipinski definition) is 4. The van der Waals surface area contributed by atoms with E-state index in [2.05, 4.69) is 16.5 Å². The second-order valence-corrected chi connectivity index (χ2v) is 7.77. The summed E-state index contributed by atoms with van der Waals surface area (Å²) in [5, 5.41) is 0.728. The molecule has 3 aromatic rings. The molecule has 0 N–H and O–H groups in total. The van der Waals surface area contributed by atoms with Gasteiger partial charge >= 0.3 is 0 Å². The smallest absolute Gasteiger partial charge is 0.263 e. The van der Waals surface area contributed by atoms with Gasteiger partial charge in [0.05, 0.1) is 23.3 Å². The molecule has 0 bridgehead atoms. The van der Waals surface area contributed by atoms with E-state index in [-0.39, 0.29) is 23.8 Å². The molecule has 0 amide bonds. The first kappa shape index (κ1) is 17.9. The molecule has 0 aliphatic carbocycles. The summed E-state index contributed by atoms with van der Waals surface area (Å²) < 4.78 is 40.7. The highest BCUT2D eigenvalue weighted by molar-refractivity contribution is 6.02. The summed E-state index contributed by atoms with van der Waals surface area (Å²) in [6.07, 6.45) is 2.99. The highest BCUT2D eigenvalue weighted by atomic mass is 19.3. The Morgan fingerprint density at radius 1 is 1.14 bits per heavy atom. The monoisotopic (exact) mass is 387 g/mol. The summed E-state index contributed by atoms with van der Waals surface area (Å²) in [4.78, 5) is 9.33. The van der Waals surface area contributed by atoms with Crippen LogP contribution in [0.3, 0.4) is 0 Å². The van der Waals surface area contributed by atoms with Gasteiger partial charge in [0.2, 0.25) is 0 Å².